The zero-order valence-electron chi connectivity index (χ0n) is 7.81. The Kier molecular flexibility index (Phi) is 2.26. The van der Waals surface area contributed by atoms with Gasteiger partial charge in [0.05, 0.1) is 5.54 Å². The van der Waals surface area contributed by atoms with Crippen molar-refractivity contribution in [2.75, 3.05) is 13.1 Å². The van der Waals surface area contributed by atoms with E-state index >= 15 is 0 Å². The Morgan fingerprint density at radius 2 is 2.00 bits per heavy atom. The van der Waals surface area contributed by atoms with Crippen LogP contribution < -0.4 is 16.4 Å². The summed E-state index contributed by atoms with van der Waals surface area (Å²) in [7, 11) is 0. The lowest BCUT2D eigenvalue weighted by molar-refractivity contribution is -0.124. The van der Waals surface area contributed by atoms with Gasteiger partial charge < -0.3 is 16.4 Å². The van der Waals surface area contributed by atoms with Gasteiger partial charge in [-0.2, -0.15) is 0 Å². The molecule has 0 aromatic rings. The van der Waals surface area contributed by atoms with E-state index in [4.69, 9.17) is 5.73 Å². The molecule has 1 aliphatic carbocycles. The Morgan fingerprint density at radius 1 is 1.38 bits per heavy atom. The van der Waals surface area contributed by atoms with E-state index in [-0.39, 0.29) is 5.91 Å². The summed E-state index contributed by atoms with van der Waals surface area (Å²) < 4.78 is 0. The zero-order chi connectivity index (χ0) is 9.31. The number of piperidine rings is 1. The Bertz CT molecular complexity index is 207. The van der Waals surface area contributed by atoms with E-state index in [1.807, 2.05) is 0 Å². The van der Waals surface area contributed by atoms with E-state index in [0.717, 1.165) is 38.8 Å². The van der Waals surface area contributed by atoms with E-state index in [0.29, 0.717) is 6.04 Å². The normalized spacial score (nSPS) is 26.8. The first kappa shape index (κ1) is 8.97. The van der Waals surface area contributed by atoms with Crippen molar-refractivity contribution in [1.29, 1.82) is 0 Å². The predicted octanol–water partition coefficient (Wildman–Crippen LogP) is -0.654. The summed E-state index contributed by atoms with van der Waals surface area (Å²) in [6.45, 7) is 2.00. The summed E-state index contributed by atoms with van der Waals surface area (Å²) in [5, 5.41) is 6.28. The second-order valence-electron chi connectivity index (χ2n) is 4.15. The molecular weight excluding hydrogens is 166 g/mol. The van der Waals surface area contributed by atoms with Gasteiger partial charge in [-0.3, -0.25) is 4.79 Å². The molecule has 0 spiro atoms. The molecular formula is C9H17N3O. The van der Waals surface area contributed by atoms with E-state index < -0.39 is 5.54 Å². The van der Waals surface area contributed by atoms with Crippen LogP contribution >= 0.6 is 0 Å². The summed E-state index contributed by atoms with van der Waals surface area (Å²) in [6.07, 6.45) is 3.76. The van der Waals surface area contributed by atoms with Crippen LogP contribution in [0.2, 0.25) is 0 Å². The van der Waals surface area contributed by atoms with Crippen molar-refractivity contribution >= 4 is 5.91 Å². The van der Waals surface area contributed by atoms with Crippen LogP contribution in [0.25, 0.3) is 0 Å². The van der Waals surface area contributed by atoms with Crippen LogP contribution in [0.1, 0.15) is 25.7 Å². The molecule has 0 unspecified atom stereocenters. The molecule has 1 heterocycles. The van der Waals surface area contributed by atoms with Crippen LogP contribution in [0.4, 0.5) is 0 Å². The maximum absolute atomic E-state index is 11.5. The lowest BCUT2D eigenvalue weighted by Crippen LogP contribution is -2.50. The molecule has 74 valence electrons. The molecule has 1 saturated carbocycles. The number of hydrogen-bond donors (Lipinski definition) is 3. The van der Waals surface area contributed by atoms with Crippen molar-refractivity contribution in [1.82, 2.24) is 10.6 Å². The lowest BCUT2D eigenvalue weighted by Gasteiger charge is -2.25. The molecule has 0 atom stereocenters. The van der Waals surface area contributed by atoms with E-state index in [1.165, 1.54) is 0 Å². The second-order valence-corrected chi connectivity index (χ2v) is 4.15. The third-order valence-electron chi connectivity index (χ3n) is 2.92. The second kappa shape index (κ2) is 3.27. The van der Waals surface area contributed by atoms with Gasteiger partial charge in [-0.25, -0.2) is 0 Å². The van der Waals surface area contributed by atoms with Crippen molar-refractivity contribution in [3.8, 4) is 0 Å². The largest absolute Gasteiger partial charge is 0.352 e. The summed E-state index contributed by atoms with van der Waals surface area (Å²) in [5.41, 5.74) is 5.27. The van der Waals surface area contributed by atoms with Gasteiger partial charge in [-0.1, -0.05) is 0 Å². The van der Waals surface area contributed by atoms with Gasteiger partial charge >= 0.3 is 0 Å². The average molecular weight is 183 g/mol. The fourth-order valence-electron chi connectivity index (χ4n) is 1.66. The SMILES string of the molecule is NC1(C(=O)NC2CCNCC2)CC1. The number of nitrogens with one attached hydrogen (secondary N) is 2. The van der Waals surface area contributed by atoms with Crippen molar-refractivity contribution in [2.45, 2.75) is 37.3 Å². The van der Waals surface area contributed by atoms with E-state index in [9.17, 15) is 4.79 Å². The number of amides is 1. The standard InChI is InChI=1S/C9H17N3O/c10-9(3-4-9)8(13)12-7-1-5-11-6-2-7/h7,11H,1-6,10H2,(H,12,13). The molecule has 13 heavy (non-hydrogen) atoms. The fraction of sp³-hybridized carbons (Fsp3) is 0.889. The highest BCUT2D eigenvalue weighted by molar-refractivity contribution is 5.89. The van der Waals surface area contributed by atoms with Gasteiger partial charge in [-0.15, -0.1) is 0 Å². The maximum atomic E-state index is 11.5. The van der Waals surface area contributed by atoms with Gasteiger partial charge in [0.15, 0.2) is 0 Å². The van der Waals surface area contributed by atoms with E-state index in [1.54, 1.807) is 0 Å². The lowest BCUT2D eigenvalue weighted by atomic mass is 10.1. The van der Waals surface area contributed by atoms with Gasteiger partial charge in [0.25, 0.3) is 0 Å². The molecule has 2 rings (SSSR count). The summed E-state index contributed by atoms with van der Waals surface area (Å²) >= 11 is 0. The van der Waals surface area contributed by atoms with Gasteiger partial charge in [0.1, 0.15) is 0 Å². The molecule has 2 aliphatic rings. The minimum atomic E-state index is -0.509. The molecule has 0 bridgehead atoms. The van der Waals surface area contributed by atoms with Gasteiger partial charge in [-0.05, 0) is 38.8 Å². The molecule has 0 aromatic carbocycles. The number of carbonyl (C=O) groups excluding carboxylic acids is 1. The Labute approximate surface area is 78.2 Å². The molecule has 4 N–H and O–H groups in total. The van der Waals surface area contributed by atoms with Crippen molar-refractivity contribution in [3.63, 3.8) is 0 Å². The third kappa shape index (κ3) is 2.00. The molecule has 4 heteroatoms. The Morgan fingerprint density at radius 3 is 2.54 bits per heavy atom. The van der Waals surface area contributed by atoms with Crippen LogP contribution in [0.3, 0.4) is 0 Å². The van der Waals surface area contributed by atoms with Crippen LogP contribution in [0, 0.1) is 0 Å². The molecule has 1 saturated heterocycles. The molecule has 4 nitrogen and oxygen atoms in total. The first-order valence-electron chi connectivity index (χ1n) is 5.01. The van der Waals surface area contributed by atoms with Gasteiger partial charge in [0, 0.05) is 6.04 Å². The van der Waals surface area contributed by atoms with Crippen molar-refractivity contribution in [3.05, 3.63) is 0 Å². The summed E-state index contributed by atoms with van der Waals surface area (Å²) in [4.78, 5) is 11.5. The van der Waals surface area contributed by atoms with Crippen molar-refractivity contribution < 1.29 is 4.79 Å². The smallest absolute Gasteiger partial charge is 0.240 e. The maximum Gasteiger partial charge on any atom is 0.240 e. The zero-order valence-corrected chi connectivity index (χ0v) is 7.81. The third-order valence-corrected chi connectivity index (χ3v) is 2.92. The highest BCUT2D eigenvalue weighted by atomic mass is 16.2. The first-order chi connectivity index (χ1) is 6.21. The predicted molar refractivity (Wildman–Crippen MR) is 50.2 cm³/mol. The van der Waals surface area contributed by atoms with Crippen molar-refractivity contribution in [2.24, 2.45) is 5.73 Å². The Hall–Kier alpha value is -0.610. The topological polar surface area (TPSA) is 67.2 Å². The summed E-state index contributed by atoms with van der Waals surface area (Å²) in [5.74, 6) is 0.0550. The summed E-state index contributed by atoms with van der Waals surface area (Å²) in [6, 6.07) is 0.342. The van der Waals surface area contributed by atoms with Crippen LogP contribution in [0.15, 0.2) is 0 Å². The van der Waals surface area contributed by atoms with Crippen LogP contribution in [0.5, 0.6) is 0 Å². The quantitative estimate of drug-likeness (QED) is 0.533. The number of hydrogen-bond acceptors (Lipinski definition) is 3. The first-order valence-corrected chi connectivity index (χ1v) is 5.01. The number of rotatable bonds is 2. The highest BCUT2D eigenvalue weighted by Crippen LogP contribution is 2.32. The van der Waals surface area contributed by atoms with Gasteiger partial charge in [0.2, 0.25) is 5.91 Å². The Balaban J connectivity index is 1.79. The minimum absolute atomic E-state index is 0.0550. The molecule has 1 aliphatic heterocycles. The minimum Gasteiger partial charge on any atom is -0.352 e. The van der Waals surface area contributed by atoms with E-state index in [2.05, 4.69) is 10.6 Å². The molecule has 2 fully saturated rings. The van der Waals surface area contributed by atoms with Crippen LogP contribution in [-0.4, -0.2) is 30.6 Å². The average Bonchev–Trinajstić information content (AvgIpc) is 2.87. The highest BCUT2D eigenvalue weighted by Gasteiger charge is 2.46. The number of carbonyl (C=O) groups is 1. The molecule has 1 amide bonds. The number of nitrogens with two attached hydrogens (primary N) is 1. The molecule has 0 aromatic heterocycles. The monoisotopic (exact) mass is 183 g/mol. The fourth-order valence-corrected chi connectivity index (χ4v) is 1.66. The van der Waals surface area contributed by atoms with Crippen LogP contribution in [-0.2, 0) is 4.79 Å². The molecule has 0 radical (unpaired) electrons.